The molecule has 0 radical (unpaired) electrons. The molecule has 7 heteroatoms. The van der Waals surface area contributed by atoms with Crippen molar-refractivity contribution in [2.45, 2.75) is 6.42 Å². The number of aromatic carboxylic acids is 1. The summed E-state index contributed by atoms with van der Waals surface area (Å²) in [6, 6.07) is 1.83. The van der Waals surface area contributed by atoms with E-state index in [9.17, 15) is 18.4 Å². The summed E-state index contributed by atoms with van der Waals surface area (Å²) in [5.41, 5.74) is -1.36. The van der Waals surface area contributed by atoms with Crippen LogP contribution in [0.5, 0.6) is 0 Å². The Morgan fingerprint density at radius 2 is 2.11 bits per heavy atom. The predicted octanol–water partition coefficient (Wildman–Crippen LogP) is 1.01. The molecule has 1 aromatic rings. The number of hydrogen-bond acceptors (Lipinski definition) is 3. The summed E-state index contributed by atoms with van der Waals surface area (Å²) in [4.78, 5) is 23.5. The van der Waals surface area contributed by atoms with Crippen LogP contribution in [-0.4, -0.2) is 35.2 Å². The van der Waals surface area contributed by atoms with Crippen molar-refractivity contribution < 1.29 is 28.6 Å². The van der Waals surface area contributed by atoms with Gasteiger partial charge in [0, 0.05) is 25.5 Å². The molecule has 102 valence electrons. The number of carboxylic acids is 1. The molecule has 1 aromatic carbocycles. The molecule has 2 rings (SSSR count). The van der Waals surface area contributed by atoms with Gasteiger partial charge in [-0.25, -0.2) is 13.6 Å². The van der Waals surface area contributed by atoms with E-state index in [4.69, 9.17) is 10.2 Å². The minimum atomic E-state index is -1.73. The molecule has 1 amide bonds. The SMILES string of the molecule is O=C(O)c1c(F)ccc(N2CC(CO)CC2=O)c1F. The van der Waals surface area contributed by atoms with Crippen molar-refractivity contribution in [3.63, 3.8) is 0 Å². The first-order chi connectivity index (χ1) is 8.95. The second-order valence-electron chi connectivity index (χ2n) is 4.32. The van der Waals surface area contributed by atoms with Crippen LogP contribution < -0.4 is 4.90 Å². The Labute approximate surface area is 107 Å². The zero-order valence-electron chi connectivity index (χ0n) is 9.77. The fourth-order valence-electron chi connectivity index (χ4n) is 2.08. The molecule has 1 atom stereocenters. The zero-order chi connectivity index (χ0) is 14.2. The van der Waals surface area contributed by atoms with Crippen molar-refractivity contribution >= 4 is 17.6 Å². The van der Waals surface area contributed by atoms with Gasteiger partial charge in [0.2, 0.25) is 5.91 Å². The second-order valence-corrected chi connectivity index (χ2v) is 4.32. The molecule has 19 heavy (non-hydrogen) atoms. The number of halogens is 2. The molecule has 0 spiro atoms. The number of carboxylic acid groups (broad SMARTS) is 1. The maximum absolute atomic E-state index is 14.0. The van der Waals surface area contributed by atoms with Crippen molar-refractivity contribution in [1.29, 1.82) is 0 Å². The summed E-state index contributed by atoms with van der Waals surface area (Å²) in [6.07, 6.45) is 0.0513. The molecule has 1 aliphatic heterocycles. The van der Waals surface area contributed by atoms with Crippen molar-refractivity contribution in [2.24, 2.45) is 5.92 Å². The minimum Gasteiger partial charge on any atom is -0.477 e. The van der Waals surface area contributed by atoms with Gasteiger partial charge in [-0.2, -0.15) is 0 Å². The summed E-state index contributed by atoms with van der Waals surface area (Å²) >= 11 is 0. The molecular formula is C12H11F2NO4. The molecule has 0 bridgehead atoms. The standard InChI is InChI=1S/C12H11F2NO4/c13-7-1-2-8(11(14)10(7)12(18)19)15-4-6(5-16)3-9(15)17/h1-2,6,16H,3-5H2,(H,18,19). The molecule has 1 unspecified atom stereocenters. The number of hydrogen-bond donors (Lipinski definition) is 2. The third-order valence-electron chi connectivity index (χ3n) is 3.04. The van der Waals surface area contributed by atoms with Gasteiger partial charge in [0.1, 0.15) is 11.4 Å². The van der Waals surface area contributed by atoms with Crippen LogP contribution in [0, 0.1) is 17.6 Å². The fraction of sp³-hybridized carbons (Fsp3) is 0.333. The van der Waals surface area contributed by atoms with Crippen LogP contribution in [0.2, 0.25) is 0 Å². The summed E-state index contributed by atoms with van der Waals surface area (Å²) in [6.45, 7) is -0.145. The van der Waals surface area contributed by atoms with E-state index >= 15 is 0 Å². The molecule has 1 fully saturated rings. The van der Waals surface area contributed by atoms with Gasteiger partial charge in [-0.05, 0) is 12.1 Å². The van der Waals surface area contributed by atoms with Gasteiger partial charge in [0.25, 0.3) is 0 Å². The number of aliphatic hydroxyl groups excluding tert-OH is 1. The average molecular weight is 271 g/mol. The Kier molecular flexibility index (Phi) is 3.48. The lowest BCUT2D eigenvalue weighted by atomic mass is 10.1. The summed E-state index contributed by atoms with van der Waals surface area (Å²) in [5, 5.41) is 17.7. The maximum Gasteiger partial charge on any atom is 0.341 e. The van der Waals surface area contributed by atoms with Crippen LogP contribution in [0.1, 0.15) is 16.8 Å². The Hall–Kier alpha value is -2.02. The number of aliphatic hydroxyl groups is 1. The lowest BCUT2D eigenvalue weighted by molar-refractivity contribution is -0.117. The third-order valence-corrected chi connectivity index (χ3v) is 3.04. The molecule has 5 nitrogen and oxygen atoms in total. The van der Waals surface area contributed by atoms with Crippen molar-refractivity contribution in [2.75, 3.05) is 18.1 Å². The first-order valence-corrected chi connectivity index (χ1v) is 5.58. The maximum atomic E-state index is 14.0. The van der Waals surface area contributed by atoms with Gasteiger partial charge in [0.15, 0.2) is 5.82 Å². The van der Waals surface area contributed by atoms with Crippen LogP contribution in [0.3, 0.4) is 0 Å². The van der Waals surface area contributed by atoms with Gasteiger partial charge in [-0.15, -0.1) is 0 Å². The van der Waals surface area contributed by atoms with Gasteiger partial charge in [0.05, 0.1) is 5.69 Å². The highest BCUT2D eigenvalue weighted by Gasteiger charge is 2.33. The number of anilines is 1. The highest BCUT2D eigenvalue weighted by molar-refractivity contribution is 5.98. The van der Waals surface area contributed by atoms with Gasteiger partial charge < -0.3 is 15.1 Å². The van der Waals surface area contributed by atoms with E-state index in [2.05, 4.69) is 0 Å². The van der Waals surface area contributed by atoms with Crippen LogP contribution in [0.25, 0.3) is 0 Å². The molecule has 0 aromatic heterocycles. The second kappa shape index (κ2) is 4.93. The van der Waals surface area contributed by atoms with Gasteiger partial charge >= 0.3 is 5.97 Å². The summed E-state index contributed by atoms with van der Waals surface area (Å²) < 4.78 is 27.2. The molecular weight excluding hydrogens is 260 g/mol. The first-order valence-electron chi connectivity index (χ1n) is 5.58. The Morgan fingerprint density at radius 1 is 1.42 bits per heavy atom. The van der Waals surface area contributed by atoms with E-state index in [1.54, 1.807) is 0 Å². The van der Waals surface area contributed by atoms with Crippen LogP contribution in [0.15, 0.2) is 12.1 Å². The summed E-state index contributed by atoms with van der Waals surface area (Å²) in [5.74, 6) is -4.97. The monoisotopic (exact) mass is 271 g/mol. The molecule has 0 saturated carbocycles. The lowest BCUT2D eigenvalue weighted by Crippen LogP contribution is -2.27. The van der Waals surface area contributed by atoms with E-state index in [1.165, 1.54) is 0 Å². The van der Waals surface area contributed by atoms with E-state index in [1.807, 2.05) is 0 Å². The van der Waals surface area contributed by atoms with Crippen LogP contribution in [-0.2, 0) is 4.79 Å². The lowest BCUT2D eigenvalue weighted by Gasteiger charge is -2.18. The molecule has 1 heterocycles. The highest BCUT2D eigenvalue weighted by atomic mass is 19.1. The summed E-state index contributed by atoms with van der Waals surface area (Å²) in [7, 11) is 0. The number of rotatable bonds is 3. The van der Waals surface area contributed by atoms with E-state index < -0.39 is 29.1 Å². The van der Waals surface area contributed by atoms with E-state index in [0.29, 0.717) is 0 Å². The van der Waals surface area contributed by atoms with Crippen LogP contribution in [0.4, 0.5) is 14.5 Å². The number of benzene rings is 1. The predicted molar refractivity (Wildman–Crippen MR) is 60.9 cm³/mol. The van der Waals surface area contributed by atoms with Crippen molar-refractivity contribution in [3.8, 4) is 0 Å². The van der Waals surface area contributed by atoms with E-state index in [0.717, 1.165) is 17.0 Å². The first kappa shape index (κ1) is 13.4. The Bertz CT molecular complexity index is 547. The molecule has 1 aliphatic rings. The van der Waals surface area contributed by atoms with Crippen molar-refractivity contribution in [3.05, 3.63) is 29.3 Å². The number of carbonyl (C=O) groups is 2. The van der Waals surface area contributed by atoms with Crippen molar-refractivity contribution in [1.82, 2.24) is 0 Å². The Balaban J connectivity index is 2.44. The Morgan fingerprint density at radius 3 is 2.63 bits per heavy atom. The quantitative estimate of drug-likeness (QED) is 0.860. The average Bonchev–Trinajstić information content (AvgIpc) is 2.70. The largest absolute Gasteiger partial charge is 0.477 e. The topological polar surface area (TPSA) is 77.8 Å². The van der Waals surface area contributed by atoms with Crippen LogP contribution >= 0.6 is 0 Å². The van der Waals surface area contributed by atoms with E-state index in [-0.39, 0.29) is 31.2 Å². The smallest absolute Gasteiger partial charge is 0.341 e. The molecule has 1 saturated heterocycles. The number of amides is 1. The van der Waals surface area contributed by atoms with Gasteiger partial charge in [-0.1, -0.05) is 0 Å². The zero-order valence-corrected chi connectivity index (χ0v) is 9.77. The number of nitrogens with zero attached hydrogens (tertiary/aromatic N) is 1. The highest BCUT2D eigenvalue weighted by Crippen LogP contribution is 2.30. The molecule has 2 N–H and O–H groups in total. The number of carbonyl (C=O) groups excluding carboxylic acids is 1. The van der Waals surface area contributed by atoms with Gasteiger partial charge in [-0.3, -0.25) is 4.79 Å². The minimum absolute atomic E-state index is 0.0513. The third kappa shape index (κ3) is 2.28. The fourth-order valence-corrected chi connectivity index (χ4v) is 2.08. The normalized spacial score (nSPS) is 19.0. The molecule has 0 aliphatic carbocycles.